The highest BCUT2D eigenvalue weighted by atomic mass is 79.9. The van der Waals surface area contributed by atoms with E-state index >= 15 is 0 Å². The lowest BCUT2D eigenvalue weighted by molar-refractivity contribution is 1.02. The Morgan fingerprint density at radius 2 is 2.21 bits per heavy atom. The van der Waals surface area contributed by atoms with Gasteiger partial charge in [-0.1, -0.05) is 17.7 Å². The molecule has 14 heavy (non-hydrogen) atoms. The Bertz CT molecular complexity index is 518. The number of aromatic amines is 1. The first-order valence-corrected chi connectivity index (χ1v) is 5.48. The maximum atomic E-state index is 5.98. The summed E-state index contributed by atoms with van der Waals surface area (Å²) in [6.45, 7) is 0. The van der Waals surface area contributed by atoms with Crippen molar-refractivity contribution in [3.8, 4) is 5.69 Å². The molecular formula is C9H6BrClN2S. The van der Waals surface area contributed by atoms with E-state index in [1.165, 1.54) is 0 Å². The van der Waals surface area contributed by atoms with Gasteiger partial charge in [-0.2, -0.15) is 0 Å². The van der Waals surface area contributed by atoms with E-state index in [-0.39, 0.29) is 0 Å². The van der Waals surface area contributed by atoms with Gasteiger partial charge in [0.15, 0.2) is 4.77 Å². The number of hydrogen-bond donors (Lipinski definition) is 1. The number of benzene rings is 1. The van der Waals surface area contributed by atoms with Crippen LogP contribution < -0.4 is 0 Å². The smallest absolute Gasteiger partial charge is 0.181 e. The number of imidazole rings is 1. The lowest BCUT2D eigenvalue weighted by Crippen LogP contribution is -1.93. The van der Waals surface area contributed by atoms with Crippen molar-refractivity contribution in [1.29, 1.82) is 0 Å². The van der Waals surface area contributed by atoms with Gasteiger partial charge >= 0.3 is 0 Å². The van der Waals surface area contributed by atoms with Crippen LogP contribution in [0.25, 0.3) is 5.69 Å². The van der Waals surface area contributed by atoms with E-state index in [1.807, 2.05) is 29.0 Å². The highest BCUT2D eigenvalue weighted by Crippen LogP contribution is 2.28. The molecule has 0 saturated heterocycles. The Hall–Kier alpha value is -0.580. The van der Waals surface area contributed by atoms with Crippen molar-refractivity contribution in [2.45, 2.75) is 0 Å². The molecular weight excluding hydrogens is 284 g/mol. The Labute approximate surface area is 99.7 Å². The second-order valence-electron chi connectivity index (χ2n) is 2.71. The second-order valence-corrected chi connectivity index (χ2v) is 4.30. The number of H-pyrrole nitrogens is 1. The predicted octanol–water partition coefficient (Wildman–Crippen LogP) is 3.95. The van der Waals surface area contributed by atoms with Crippen LogP contribution in [0.4, 0.5) is 0 Å². The zero-order valence-corrected chi connectivity index (χ0v) is 10.2. The van der Waals surface area contributed by atoms with Crippen LogP contribution >= 0.6 is 39.7 Å². The molecule has 0 aliphatic carbocycles. The highest BCUT2D eigenvalue weighted by molar-refractivity contribution is 9.10. The fourth-order valence-electron chi connectivity index (χ4n) is 1.19. The summed E-state index contributed by atoms with van der Waals surface area (Å²) in [4.78, 5) is 2.93. The topological polar surface area (TPSA) is 20.7 Å². The zero-order valence-electron chi connectivity index (χ0n) is 7.00. The molecule has 72 valence electrons. The van der Waals surface area contributed by atoms with E-state index in [4.69, 9.17) is 23.8 Å². The molecule has 0 saturated carbocycles. The average Bonchev–Trinajstić information content (AvgIpc) is 2.57. The fourth-order valence-corrected chi connectivity index (χ4v) is 2.04. The summed E-state index contributed by atoms with van der Waals surface area (Å²) in [6, 6.07) is 5.65. The molecule has 1 aromatic carbocycles. The molecule has 1 heterocycles. The van der Waals surface area contributed by atoms with Crippen molar-refractivity contribution in [3.05, 3.63) is 44.9 Å². The molecule has 0 fully saturated rings. The van der Waals surface area contributed by atoms with Crippen LogP contribution in [0.3, 0.4) is 0 Å². The first-order valence-electron chi connectivity index (χ1n) is 3.90. The van der Waals surface area contributed by atoms with Gasteiger partial charge in [0, 0.05) is 12.4 Å². The van der Waals surface area contributed by atoms with E-state index in [9.17, 15) is 0 Å². The Balaban J connectivity index is 2.69. The second kappa shape index (κ2) is 3.88. The highest BCUT2D eigenvalue weighted by Gasteiger charge is 2.05. The number of hydrogen-bond acceptors (Lipinski definition) is 1. The summed E-state index contributed by atoms with van der Waals surface area (Å²) in [7, 11) is 0. The number of nitrogens with zero attached hydrogens (tertiary/aromatic N) is 1. The van der Waals surface area contributed by atoms with Crippen molar-refractivity contribution in [2.75, 3.05) is 0 Å². The van der Waals surface area contributed by atoms with Crippen LogP contribution in [0, 0.1) is 4.77 Å². The first kappa shape index (κ1) is 9.96. The molecule has 2 rings (SSSR count). The number of aromatic nitrogens is 2. The van der Waals surface area contributed by atoms with Crippen molar-refractivity contribution >= 4 is 39.7 Å². The normalized spacial score (nSPS) is 10.4. The molecule has 0 aliphatic heterocycles. The monoisotopic (exact) mass is 288 g/mol. The molecule has 0 atom stereocenters. The van der Waals surface area contributed by atoms with Gasteiger partial charge in [0.25, 0.3) is 0 Å². The van der Waals surface area contributed by atoms with Gasteiger partial charge in [0.1, 0.15) is 0 Å². The summed E-state index contributed by atoms with van der Waals surface area (Å²) < 4.78 is 3.34. The lowest BCUT2D eigenvalue weighted by Gasteiger charge is -2.05. The van der Waals surface area contributed by atoms with E-state index < -0.39 is 0 Å². The van der Waals surface area contributed by atoms with Crippen LogP contribution in [0.1, 0.15) is 0 Å². The molecule has 0 amide bonds. The van der Waals surface area contributed by atoms with Gasteiger partial charge in [-0.25, -0.2) is 0 Å². The maximum absolute atomic E-state index is 5.98. The molecule has 0 spiro atoms. The van der Waals surface area contributed by atoms with Gasteiger partial charge in [0.2, 0.25) is 0 Å². The molecule has 2 nitrogen and oxygen atoms in total. The molecule has 0 unspecified atom stereocenters. The summed E-state index contributed by atoms with van der Waals surface area (Å²) >= 11 is 14.5. The molecule has 0 bridgehead atoms. The Morgan fingerprint density at radius 3 is 2.86 bits per heavy atom. The van der Waals surface area contributed by atoms with Crippen molar-refractivity contribution in [2.24, 2.45) is 0 Å². The number of rotatable bonds is 1. The molecule has 0 aliphatic rings. The van der Waals surface area contributed by atoms with E-state index in [2.05, 4.69) is 20.9 Å². The molecule has 1 N–H and O–H groups in total. The largest absolute Gasteiger partial charge is 0.337 e. The lowest BCUT2D eigenvalue weighted by atomic mass is 10.3. The molecule has 2 aromatic rings. The van der Waals surface area contributed by atoms with Crippen LogP contribution in [-0.4, -0.2) is 9.55 Å². The molecule has 0 radical (unpaired) electrons. The van der Waals surface area contributed by atoms with Gasteiger partial charge in [0.05, 0.1) is 15.2 Å². The van der Waals surface area contributed by atoms with E-state index in [1.54, 1.807) is 6.20 Å². The summed E-state index contributed by atoms with van der Waals surface area (Å²) in [5.74, 6) is 0. The van der Waals surface area contributed by atoms with Crippen LogP contribution in [0.5, 0.6) is 0 Å². The molecule has 5 heteroatoms. The third kappa shape index (κ3) is 1.65. The van der Waals surface area contributed by atoms with Crippen LogP contribution in [0.15, 0.2) is 35.1 Å². The van der Waals surface area contributed by atoms with Gasteiger partial charge in [-0.3, -0.25) is 4.57 Å². The van der Waals surface area contributed by atoms with Gasteiger partial charge in [-0.05, 0) is 40.3 Å². The quantitative estimate of drug-likeness (QED) is 0.788. The summed E-state index contributed by atoms with van der Waals surface area (Å²) in [6.07, 6.45) is 3.65. The Kier molecular flexibility index (Phi) is 2.76. The van der Waals surface area contributed by atoms with E-state index in [0.717, 1.165) is 10.2 Å². The third-order valence-corrected chi connectivity index (χ3v) is 3.53. The minimum absolute atomic E-state index is 0.646. The zero-order chi connectivity index (χ0) is 10.1. The summed E-state index contributed by atoms with van der Waals surface area (Å²) in [5, 5.41) is 0.672. The fraction of sp³-hybridized carbons (Fsp3) is 0. The summed E-state index contributed by atoms with van der Waals surface area (Å²) in [5.41, 5.74) is 0.934. The maximum Gasteiger partial charge on any atom is 0.181 e. The number of halogens is 2. The third-order valence-electron chi connectivity index (χ3n) is 1.84. The van der Waals surface area contributed by atoms with Gasteiger partial charge < -0.3 is 4.98 Å². The van der Waals surface area contributed by atoms with Crippen molar-refractivity contribution in [1.82, 2.24) is 9.55 Å². The molecule has 1 aromatic heterocycles. The van der Waals surface area contributed by atoms with Gasteiger partial charge in [-0.15, -0.1) is 0 Å². The first-order chi connectivity index (χ1) is 6.70. The van der Waals surface area contributed by atoms with Crippen molar-refractivity contribution < 1.29 is 0 Å². The SMILES string of the molecule is S=c1[nH]ccn1-c1cccc(Cl)c1Br. The number of nitrogens with one attached hydrogen (secondary N) is 1. The minimum atomic E-state index is 0.646. The van der Waals surface area contributed by atoms with E-state index in [0.29, 0.717) is 9.79 Å². The Morgan fingerprint density at radius 1 is 1.43 bits per heavy atom. The van der Waals surface area contributed by atoms with Crippen molar-refractivity contribution in [3.63, 3.8) is 0 Å². The predicted molar refractivity (Wildman–Crippen MR) is 63.7 cm³/mol. The minimum Gasteiger partial charge on any atom is -0.337 e. The van der Waals surface area contributed by atoms with Crippen LogP contribution in [0.2, 0.25) is 5.02 Å². The average molecular weight is 290 g/mol. The standard InChI is InChI=1S/C9H6BrClN2S/c10-8-6(11)2-1-3-7(8)13-5-4-12-9(13)14/h1-5H,(H,12,14). The van der Waals surface area contributed by atoms with Crippen LogP contribution in [-0.2, 0) is 0 Å².